The molecule has 0 spiro atoms. The lowest BCUT2D eigenvalue weighted by molar-refractivity contribution is 1.09. The predicted molar refractivity (Wildman–Crippen MR) is 77.3 cm³/mol. The number of fused-ring (bicyclic) bond motifs is 1. The summed E-state index contributed by atoms with van der Waals surface area (Å²) in [7, 11) is 0. The van der Waals surface area contributed by atoms with Gasteiger partial charge in [0.2, 0.25) is 0 Å². The van der Waals surface area contributed by atoms with E-state index in [-0.39, 0.29) is 0 Å². The van der Waals surface area contributed by atoms with Gasteiger partial charge in [-0.15, -0.1) is 0 Å². The fourth-order valence-corrected chi connectivity index (χ4v) is 2.23. The van der Waals surface area contributed by atoms with E-state index in [0.29, 0.717) is 11.0 Å². The third-order valence-electron chi connectivity index (χ3n) is 2.90. The number of pyridine rings is 1. The summed E-state index contributed by atoms with van der Waals surface area (Å²) in [5, 5.41) is 1.54. The fraction of sp³-hybridized carbons (Fsp3) is 0.133. The molecular weight excluding hydrogens is 258 g/mol. The van der Waals surface area contributed by atoms with Gasteiger partial charge in [-0.2, -0.15) is 0 Å². The Morgan fingerprint density at radius 3 is 2.47 bits per heavy atom. The van der Waals surface area contributed by atoms with E-state index in [1.54, 1.807) is 6.07 Å². The van der Waals surface area contributed by atoms with Crippen molar-refractivity contribution < 1.29 is 0 Å². The van der Waals surface area contributed by atoms with Crippen LogP contribution in [0, 0.1) is 13.8 Å². The van der Waals surface area contributed by atoms with E-state index in [4.69, 9.17) is 11.6 Å². The van der Waals surface area contributed by atoms with Gasteiger partial charge in [0.05, 0.1) is 5.52 Å². The number of hydrogen-bond donors (Lipinski definition) is 0. The minimum Gasteiger partial charge on any atom is -0.244 e. The lowest BCUT2D eigenvalue weighted by Crippen LogP contribution is -1.95. The first-order valence-corrected chi connectivity index (χ1v) is 6.38. The van der Waals surface area contributed by atoms with Crippen molar-refractivity contribution in [2.45, 2.75) is 13.8 Å². The van der Waals surface area contributed by atoms with Gasteiger partial charge in [0.1, 0.15) is 10.8 Å². The Morgan fingerprint density at radius 1 is 0.895 bits per heavy atom. The van der Waals surface area contributed by atoms with Gasteiger partial charge in [-0.25, -0.2) is 15.0 Å². The highest BCUT2D eigenvalue weighted by Crippen LogP contribution is 2.20. The minimum atomic E-state index is 0.439. The Morgan fingerprint density at radius 2 is 1.68 bits per heavy atom. The quantitative estimate of drug-likeness (QED) is 0.628. The summed E-state index contributed by atoms with van der Waals surface area (Å²) >= 11 is 5.96. The zero-order valence-corrected chi connectivity index (χ0v) is 11.4. The standard InChI is InChI=1S/C15H12ClN3/c1-9-3-4-11-5-6-12(18-13(11)7-9)15-17-10(2)8-14(16)19-15/h3-8H,1-2H3. The number of hydrogen-bond acceptors (Lipinski definition) is 3. The summed E-state index contributed by atoms with van der Waals surface area (Å²) in [5.74, 6) is 0.563. The minimum absolute atomic E-state index is 0.439. The Bertz CT molecular complexity index is 748. The third-order valence-corrected chi connectivity index (χ3v) is 3.09. The molecule has 2 aromatic heterocycles. The molecule has 19 heavy (non-hydrogen) atoms. The summed E-state index contributed by atoms with van der Waals surface area (Å²) in [6.45, 7) is 3.94. The average Bonchev–Trinajstić information content (AvgIpc) is 2.36. The summed E-state index contributed by atoms with van der Waals surface area (Å²) in [4.78, 5) is 13.2. The average molecular weight is 270 g/mol. The van der Waals surface area contributed by atoms with Gasteiger partial charge < -0.3 is 0 Å². The summed E-state index contributed by atoms with van der Waals surface area (Å²) in [6, 6.07) is 11.9. The van der Waals surface area contributed by atoms with Crippen LogP contribution in [0.25, 0.3) is 22.4 Å². The number of aromatic nitrogens is 3. The molecule has 0 aliphatic heterocycles. The number of aryl methyl sites for hydroxylation is 2. The monoisotopic (exact) mass is 269 g/mol. The van der Waals surface area contributed by atoms with E-state index in [0.717, 1.165) is 22.3 Å². The van der Waals surface area contributed by atoms with E-state index in [1.807, 2.05) is 26.0 Å². The smallest absolute Gasteiger partial charge is 0.179 e. The SMILES string of the molecule is Cc1ccc2ccc(-c3nc(C)cc(Cl)n3)nc2c1. The molecule has 4 heteroatoms. The van der Waals surface area contributed by atoms with Crippen molar-refractivity contribution in [1.82, 2.24) is 15.0 Å². The maximum atomic E-state index is 5.96. The Hall–Kier alpha value is -2.00. The molecule has 2 heterocycles. The highest BCUT2D eigenvalue weighted by atomic mass is 35.5. The molecule has 3 aromatic rings. The molecule has 0 saturated heterocycles. The van der Waals surface area contributed by atoms with Crippen LogP contribution in [0.2, 0.25) is 5.15 Å². The second-order valence-electron chi connectivity index (χ2n) is 4.55. The van der Waals surface area contributed by atoms with Crippen LogP contribution in [-0.4, -0.2) is 15.0 Å². The number of benzene rings is 1. The summed E-state index contributed by atoms with van der Waals surface area (Å²) < 4.78 is 0. The van der Waals surface area contributed by atoms with Gasteiger partial charge in [0, 0.05) is 11.1 Å². The maximum Gasteiger partial charge on any atom is 0.179 e. The maximum absolute atomic E-state index is 5.96. The normalized spacial score (nSPS) is 10.9. The molecule has 3 rings (SSSR count). The molecule has 0 fully saturated rings. The largest absolute Gasteiger partial charge is 0.244 e. The van der Waals surface area contributed by atoms with Gasteiger partial charge in [0.25, 0.3) is 0 Å². The van der Waals surface area contributed by atoms with Crippen LogP contribution in [-0.2, 0) is 0 Å². The number of rotatable bonds is 1. The van der Waals surface area contributed by atoms with Gasteiger partial charge in [0.15, 0.2) is 5.82 Å². The zero-order chi connectivity index (χ0) is 13.4. The van der Waals surface area contributed by atoms with Crippen molar-refractivity contribution in [2.75, 3.05) is 0 Å². The van der Waals surface area contributed by atoms with Gasteiger partial charge in [-0.1, -0.05) is 29.8 Å². The lowest BCUT2D eigenvalue weighted by atomic mass is 10.1. The first-order valence-electron chi connectivity index (χ1n) is 6.01. The molecule has 94 valence electrons. The van der Waals surface area contributed by atoms with Gasteiger partial charge in [-0.3, -0.25) is 0 Å². The Labute approximate surface area is 116 Å². The molecule has 0 bridgehead atoms. The van der Waals surface area contributed by atoms with Crippen LogP contribution >= 0.6 is 11.6 Å². The second-order valence-corrected chi connectivity index (χ2v) is 4.94. The molecular formula is C15H12ClN3. The van der Waals surface area contributed by atoms with Gasteiger partial charge in [-0.05, 0) is 37.6 Å². The topological polar surface area (TPSA) is 38.7 Å². The molecule has 1 aromatic carbocycles. The zero-order valence-electron chi connectivity index (χ0n) is 10.7. The van der Waals surface area contributed by atoms with Gasteiger partial charge >= 0.3 is 0 Å². The van der Waals surface area contributed by atoms with E-state index in [9.17, 15) is 0 Å². The van der Waals surface area contributed by atoms with Crippen molar-refractivity contribution in [3.05, 3.63) is 52.8 Å². The first-order chi connectivity index (χ1) is 9.11. The predicted octanol–water partition coefficient (Wildman–Crippen LogP) is 3.96. The van der Waals surface area contributed by atoms with Crippen LogP contribution in [0.5, 0.6) is 0 Å². The summed E-state index contributed by atoms with van der Waals surface area (Å²) in [6.07, 6.45) is 0. The van der Waals surface area contributed by atoms with E-state index < -0.39 is 0 Å². The van der Waals surface area contributed by atoms with Crippen molar-refractivity contribution in [2.24, 2.45) is 0 Å². The Balaban J connectivity index is 2.19. The molecule has 0 unspecified atom stereocenters. The van der Waals surface area contributed by atoms with Crippen LogP contribution < -0.4 is 0 Å². The fourth-order valence-electron chi connectivity index (χ4n) is 2.00. The molecule has 0 N–H and O–H groups in total. The van der Waals surface area contributed by atoms with Crippen molar-refractivity contribution >= 4 is 22.5 Å². The molecule has 0 aliphatic carbocycles. The highest BCUT2D eigenvalue weighted by Gasteiger charge is 2.06. The van der Waals surface area contributed by atoms with Crippen LogP contribution in [0.3, 0.4) is 0 Å². The summed E-state index contributed by atoms with van der Waals surface area (Å²) in [5.41, 5.74) is 3.70. The van der Waals surface area contributed by atoms with Crippen molar-refractivity contribution in [3.8, 4) is 11.5 Å². The molecule has 3 nitrogen and oxygen atoms in total. The molecule has 0 atom stereocenters. The third kappa shape index (κ3) is 2.42. The second kappa shape index (κ2) is 4.59. The van der Waals surface area contributed by atoms with E-state index in [2.05, 4.69) is 33.2 Å². The van der Waals surface area contributed by atoms with Crippen molar-refractivity contribution in [1.29, 1.82) is 0 Å². The van der Waals surface area contributed by atoms with Crippen LogP contribution in [0.1, 0.15) is 11.3 Å². The molecule has 0 radical (unpaired) electrons. The molecule has 0 saturated carbocycles. The Kier molecular flexibility index (Phi) is 2.91. The molecule has 0 aliphatic rings. The van der Waals surface area contributed by atoms with E-state index >= 15 is 0 Å². The van der Waals surface area contributed by atoms with Crippen molar-refractivity contribution in [3.63, 3.8) is 0 Å². The van der Waals surface area contributed by atoms with Crippen LogP contribution in [0.4, 0.5) is 0 Å². The highest BCUT2D eigenvalue weighted by molar-refractivity contribution is 6.29. The molecule has 0 amide bonds. The van der Waals surface area contributed by atoms with E-state index in [1.165, 1.54) is 5.56 Å². The number of halogens is 1. The first kappa shape index (κ1) is 12.1. The van der Waals surface area contributed by atoms with Crippen LogP contribution in [0.15, 0.2) is 36.4 Å². The lowest BCUT2D eigenvalue weighted by Gasteiger charge is -2.04. The number of nitrogens with zero attached hydrogens (tertiary/aromatic N) is 3.